The van der Waals surface area contributed by atoms with Crippen LogP contribution >= 0.6 is 0 Å². The van der Waals surface area contributed by atoms with Crippen molar-refractivity contribution >= 4 is 29.5 Å². The van der Waals surface area contributed by atoms with E-state index in [4.69, 9.17) is 9.47 Å². The van der Waals surface area contributed by atoms with Crippen molar-refractivity contribution in [3.63, 3.8) is 0 Å². The van der Waals surface area contributed by atoms with E-state index in [1.807, 2.05) is 18.1 Å². The fraction of sp³-hybridized carbons (Fsp3) is 0.429. The zero-order valence-electron chi connectivity index (χ0n) is 18.5. The molecule has 2 N–H and O–H groups in total. The summed E-state index contributed by atoms with van der Waals surface area (Å²) < 4.78 is 26.6. The first-order chi connectivity index (χ1) is 16.2. The van der Waals surface area contributed by atoms with E-state index in [-0.39, 0.29) is 18.8 Å². The van der Waals surface area contributed by atoms with E-state index in [0.29, 0.717) is 23.7 Å². The van der Waals surface area contributed by atoms with Crippen molar-refractivity contribution in [1.29, 1.82) is 0 Å². The number of anilines is 2. The Bertz CT molecular complexity index is 1100. The predicted octanol–water partition coefficient (Wildman–Crippen LogP) is 1.27. The normalized spacial score (nSPS) is 18.1. The molecule has 2 atom stereocenters. The first-order valence-electron chi connectivity index (χ1n) is 10.6. The topological polar surface area (TPSA) is 138 Å². The number of hydrogen-bond acceptors (Lipinski definition) is 8. The summed E-state index contributed by atoms with van der Waals surface area (Å²) >= 11 is 0. The molecule has 0 spiro atoms. The minimum Gasteiger partial charge on any atom is -0.465 e. The summed E-state index contributed by atoms with van der Waals surface area (Å²) in [5.74, 6) is -1.73. The Morgan fingerprint density at radius 3 is 2.79 bits per heavy atom. The van der Waals surface area contributed by atoms with Gasteiger partial charge in [-0.05, 0) is 25.1 Å². The summed E-state index contributed by atoms with van der Waals surface area (Å²) in [7, 11) is 1.83. The third-order valence-electron chi connectivity index (χ3n) is 5.57. The first-order valence-corrected chi connectivity index (χ1v) is 10.6. The highest BCUT2D eigenvalue weighted by atomic mass is 19.1. The first kappa shape index (κ1) is 23.4. The number of aromatic nitrogens is 2. The number of aryl methyl sites for hydroxylation is 1. The van der Waals surface area contributed by atoms with Crippen LogP contribution < -0.4 is 9.80 Å². The summed E-state index contributed by atoms with van der Waals surface area (Å²) in [5.41, 5.74) is 2.49. The minimum atomic E-state index is -1.96. The number of carbonyl (C=O) groups excluding carboxylic acids is 2. The van der Waals surface area contributed by atoms with E-state index in [1.54, 1.807) is 16.8 Å². The molecule has 182 valence electrons. The number of cyclic esters (lactones) is 1. The molecule has 1 fully saturated rings. The van der Waals surface area contributed by atoms with Gasteiger partial charge in [0.25, 0.3) is 5.91 Å². The van der Waals surface area contributed by atoms with Crippen LogP contribution in [-0.4, -0.2) is 75.1 Å². The van der Waals surface area contributed by atoms with Crippen molar-refractivity contribution in [2.45, 2.75) is 32.4 Å². The van der Waals surface area contributed by atoms with Crippen LogP contribution in [0.1, 0.15) is 18.2 Å². The van der Waals surface area contributed by atoms with Crippen molar-refractivity contribution in [3.8, 4) is 0 Å². The summed E-state index contributed by atoms with van der Waals surface area (Å²) in [5, 5.41) is 23.3. The number of ether oxygens (including phenoxy) is 2. The molecule has 0 radical (unpaired) electrons. The van der Waals surface area contributed by atoms with Gasteiger partial charge < -0.3 is 24.6 Å². The highest BCUT2D eigenvalue weighted by Crippen LogP contribution is 2.32. The standard InChI is InChI=1S/C21H24FN5O7/c1-3-33-19(29)18(28)27(20(30)31)10-14-9-26(21(32)34-14)13-4-5-17(15(22)6-13)25-8-12-7-24(2)23-16(12)11-25/h4-7,14,19,29H,3,8-11H2,1-2H3,(H,30,31)/t14-,19?/m1/s1. The number of carbonyl (C=O) groups is 3. The van der Waals surface area contributed by atoms with Crippen molar-refractivity contribution < 1.29 is 38.5 Å². The van der Waals surface area contributed by atoms with Gasteiger partial charge in [0.05, 0.1) is 36.7 Å². The number of nitrogens with zero attached hydrogens (tertiary/aromatic N) is 5. The molecule has 3 heterocycles. The van der Waals surface area contributed by atoms with Crippen molar-refractivity contribution in [1.82, 2.24) is 14.7 Å². The average molecular weight is 477 g/mol. The van der Waals surface area contributed by atoms with Gasteiger partial charge in [0.15, 0.2) is 0 Å². The monoisotopic (exact) mass is 477 g/mol. The van der Waals surface area contributed by atoms with Crippen LogP contribution in [0.3, 0.4) is 0 Å². The maximum atomic E-state index is 15.0. The van der Waals surface area contributed by atoms with Crippen molar-refractivity contribution in [2.75, 3.05) is 29.5 Å². The fourth-order valence-corrected chi connectivity index (χ4v) is 4.04. The molecule has 2 aliphatic rings. The number of fused-ring (bicyclic) bond motifs is 1. The van der Waals surface area contributed by atoms with Gasteiger partial charge in [0.1, 0.15) is 11.9 Å². The molecule has 2 aliphatic heterocycles. The van der Waals surface area contributed by atoms with Gasteiger partial charge in [-0.15, -0.1) is 0 Å². The van der Waals surface area contributed by atoms with Gasteiger partial charge >= 0.3 is 12.2 Å². The molecule has 4 rings (SSSR count). The van der Waals surface area contributed by atoms with Gasteiger partial charge in [-0.2, -0.15) is 5.10 Å². The van der Waals surface area contributed by atoms with Gasteiger partial charge in [-0.25, -0.2) is 18.9 Å². The molecule has 34 heavy (non-hydrogen) atoms. The molecule has 0 aliphatic carbocycles. The number of amides is 3. The van der Waals surface area contributed by atoms with Crippen molar-refractivity contribution in [2.24, 2.45) is 7.05 Å². The lowest BCUT2D eigenvalue weighted by atomic mass is 10.2. The van der Waals surface area contributed by atoms with Crippen LogP contribution in [0.5, 0.6) is 0 Å². The zero-order valence-corrected chi connectivity index (χ0v) is 18.5. The molecule has 3 amide bonds. The molecular weight excluding hydrogens is 453 g/mol. The Labute approximate surface area is 193 Å². The van der Waals surface area contributed by atoms with Gasteiger partial charge in [0, 0.05) is 32.0 Å². The molecule has 2 aromatic rings. The fourth-order valence-electron chi connectivity index (χ4n) is 4.04. The van der Waals surface area contributed by atoms with Crippen molar-refractivity contribution in [3.05, 3.63) is 41.5 Å². The lowest BCUT2D eigenvalue weighted by Gasteiger charge is -2.22. The molecule has 1 saturated heterocycles. The van der Waals surface area contributed by atoms with E-state index in [0.717, 1.165) is 16.2 Å². The second kappa shape index (κ2) is 9.27. The molecule has 0 saturated carbocycles. The quantitative estimate of drug-likeness (QED) is 0.565. The number of rotatable bonds is 7. The third kappa shape index (κ3) is 4.52. The Balaban J connectivity index is 1.43. The maximum absolute atomic E-state index is 15.0. The second-order valence-corrected chi connectivity index (χ2v) is 7.92. The number of imide groups is 1. The second-order valence-electron chi connectivity index (χ2n) is 7.92. The van der Waals surface area contributed by atoms with Crippen LogP contribution in [0.15, 0.2) is 24.4 Å². The number of carboxylic acid groups (broad SMARTS) is 1. The number of benzene rings is 1. The van der Waals surface area contributed by atoms with Gasteiger partial charge in [-0.1, -0.05) is 0 Å². The Morgan fingerprint density at radius 2 is 2.15 bits per heavy atom. The van der Waals surface area contributed by atoms with E-state index in [9.17, 15) is 29.0 Å². The van der Waals surface area contributed by atoms with Gasteiger partial charge in [0.2, 0.25) is 6.29 Å². The summed E-state index contributed by atoms with van der Waals surface area (Å²) in [6, 6.07) is 4.33. The molecule has 0 bridgehead atoms. The highest BCUT2D eigenvalue weighted by Gasteiger charge is 2.38. The van der Waals surface area contributed by atoms with E-state index >= 15 is 0 Å². The van der Waals surface area contributed by atoms with Crippen LogP contribution in [-0.2, 0) is 34.4 Å². The van der Waals surface area contributed by atoms with Crippen LogP contribution in [0.2, 0.25) is 0 Å². The summed E-state index contributed by atoms with van der Waals surface area (Å²) in [6.07, 6.45) is -3.51. The molecular formula is C21H24FN5O7. The number of halogens is 1. The maximum Gasteiger partial charge on any atom is 0.414 e. The molecule has 13 heteroatoms. The zero-order chi connectivity index (χ0) is 24.6. The molecule has 12 nitrogen and oxygen atoms in total. The third-order valence-corrected chi connectivity index (χ3v) is 5.57. The summed E-state index contributed by atoms with van der Waals surface area (Å²) in [6.45, 7) is 1.88. The number of aliphatic hydroxyl groups excluding tert-OH is 1. The van der Waals surface area contributed by atoms with Gasteiger partial charge in [-0.3, -0.25) is 14.4 Å². The van der Waals surface area contributed by atoms with Crippen LogP contribution in [0.4, 0.5) is 25.4 Å². The highest BCUT2D eigenvalue weighted by molar-refractivity contribution is 5.93. The van der Waals surface area contributed by atoms with Crippen LogP contribution in [0, 0.1) is 5.82 Å². The largest absolute Gasteiger partial charge is 0.465 e. The molecule has 1 aromatic heterocycles. The van der Waals surface area contributed by atoms with E-state index in [2.05, 4.69) is 5.10 Å². The lowest BCUT2D eigenvalue weighted by Crippen LogP contribution is -2.47. The Kier molecular flexibility index (Phi) is 6.39. The summed E-state index contributed by atoms with van der Waals surface area (Å²) in [4.78, 5) is 39.3. The Morgan fingerprint density at radius 1 is 1.38 bits per heavy atom. The number of aliphatic hydroxyl groups is 1. The molecule has 1 aromatic carbocycles. The Hall–Kier alpha value is -3.71. The van der Waals surface area contributed by atoms with Crippen LogP contribution in [0.25, 0.3) is 0 Å². The van der Waals surface area contributed by atoms with E-state index in [1.165, 1.54) is 13.0 Å². The SMILES string of the molecule is CCOC(O)C(=O)N(C[C@H]1CN(c2ccc(N3Cc4cn(C)nc4C3)c(F)c2)C(=O)O1)C(=O)O. The predicted molar refractivity (Wildman–Crippen MR) is 114 cm³/mol. The smallest absolute Gasteiger partial charge is 0.414 e. The minimum absolute atomic E-state index is 0.00565. The van der Waals surface area contributed by atoms with E-state index < -0.39 is 42.8 Å². The lowest BCUT2D eigenvalue weighted by molar-refractivity contribution is -0.167. The molecule has 1 unspecified atom stereocenters. The average Bonchev–Trinajstić information content (AvgIpc) is 3.43. The number of hydrogen-bond donors (Lipinski definition) is 2.